The molecule has 0 amide bonds. The lowest BCUT2D eigenvalue weighted by atomic mass is 9.90. The summed E-state index contributed by atoms with van der Waals surface area (Å²) in [5.41, 5.74) is 1.56. The summed E-state index contributed by atoms with van der Waals surface area (Å²) >= 11 is 0. The van der Waals surface area contributed by atoms with Crippen LogP contribution in [0.1, 0.15) is 27.7 Å². The molecule has 1 aliphatic rings. The molecule has 0 spiro atoms. The number of rotatable bonds is 2. The summed E-state index contributed by atoms with van der Waals surface area (Å²) in [5.74, 6) is 1.53. The summed E-state index contributed by atoms with van der Waals surface area (Å²) in [4.78, 5) is 0. The van der Waals surface area contributed by atoms with Crippen molar-refractivity contribution >= 4 is 21.6 Å². The Morgan fingerprint density at radius 2 is 2.00 bits per heavy atom. The van der Waals surface area contributed by atoms with Gasteiger partial charge in [0, 0.05) is 4.75 Å². The van der Waals surface area contributed by atoms with Gasteiger partial charge in [-0.2, -0.15) is 0 Å². The number of allylic oxidation sites excluding steroid dienone is 1. The molecule has 3 unspecified atom stereocenters. The van der Waals surface area contributed by atoms with Crippen LogP contribution >= 0.6 is 21.6 Å². The summed E-state index contributed by atoms with van der Waals surface area (Å²) < 4.78 is 0.364. The molecule has 0 nitrogen and oxygen atoms in total. The fraction of sp³-hybridized carbons (Fsp3) is 0.800. The molecule has 0 aliphatic heterocycles. The van der Waals surface area contributed by atoms with Crippen LogP contribution in [0.25, 0.3) is 0 Å². The van der Waals surface area contributed by atoms with Gasteiger partial charge < -0.3 is 0 Å². The Morgan fingerprint density at radius 3 is 2.33 bits per heavy atom. The maximum Gasteiger partial charge on any atom is 0.0448 e. The van der Waals surface area contributed by atoms with Gasteiger partial charge in [0.1, 0.15) is 0 Å². The second kappa shape index (κ2) is 3.67. The molecule has 0 aromatic carbocycles. The molecule has 12 heavy (non-hydrogen) atoms. The van der Waals surface area contributed by atoms with Gasteiger partial charge in [0.25, 0.3) is 0 Å². The molecule has 0 saturated carbocycles. The molecule has 3 atom stereocenters. The van der Waals surface area contributed by atoms with Crippen molar-refractivity contribution in [1.29, 1.82) is 0 Å². The van der Waals surface area contributed by atoms with Crippen LogP contribution < -0.4 is 0 Å². The van der Waals surface area contributed by atoms with Crippen LogP contribution in [0.15, 0.2) is 11.6 Å². The Hall–Kier alpha value is 0.440. The molecule has 1 aliphatic carbocycles. The Morgan fingerprint density at radius 1 is 1.42 bits per heavy atom. The van der Waals surface area contributed by atoms with E-state index in [2.05, 4.69) is 40.0 Å². The van der Waals surface area contributed by atoms with Crippen molar-refractivity contribution in [3.05, 3.63) is 11.6 Å². The highest BCUT2D eigenvalue weighted by molar-refractivity contribution is 8.77. The maximum absolute atomic E-state index is 2.45. The lowest BCUT2D eigenvalue weighted by Crippen LogP contribution is -2.24. The van der Waals surface area contributed by atoms with E-state index in [4.69, 9.17) is 0 Å². The Kier molecular flexibility index (Phi) is 3.21. The highest BCUT2D eigenvalue weighted by atomic mass is 33.1. The van der Waals surface area contributed by atoms with E-state index >= 15 is 0 Å². The lowest BCUT2D eigenvalue weighted by molar-refractivity contribution is 0.426. The second-order valence-corrected chi connectivity index (χ2v) is 6.78. The molecular formula is C10H18S2. The normalized spacial score (nSPS) is 41.6. The quantitative estimate of drug-likeness (QED) is 0.490. The van der Waals surface area contributed by atoms with Gasteiger partial charge in [-0.15, -0.1) is 0 Å². The van der Waals surface area contributed by atoms with E-state index in [0.717, 1.165) is 11.8 Å². The molecule has 0 aromatic rings. The van der Waals surface area contributed by atoms with Crippen molar-refractivity contribution in [3.63, 3.8) is 0 Å². The first-order valence-electron chi connectivity index (χ1n) is 4.42. The van der Waals surface area contributed by atoms with Crippen molar-refractivity contribution in [1.82, 2.24) is 0 Å². The predicted molar refractivity (Wildman–Crippen MR) is 61.6 cm³/mol. The molecule has 0 aromatic heterocycles. The third-order valence-corrected chi connectivity index (χ3v) is 5.74. The van der Waals surface area contributed by atoms with E-state index in [0.29, 0.717) is 4.75 Å². The largest absolute Gasteiger partial charge is 0.0967 e. The van der Waals surface area contributed by atoms with E-state index in [9.17, 15) is 0 Å². The van der Waals surface area contributed by atoms with Crippen molar-refractivity contribution < 1.29 is 0 Å². The van der Waals surface area contributed by atoms with Crippen LogP contribution in [0.5, 0.6) is 0 Å². The SMILES string of the molecule is CSSC1(C)C=C(C)C(C)C1C. The Balaban J connectivity index is 2.80. The number of hydrogen-bond acceptors (Lipinski definition) is 2. The third-order valence-electron chi connectivity index (χ3n) is 3.15. The Bertz CT molecular complexity index is 198. The van der Waals surface area contributed by atoms with Gasteiger partial charge in [-0.3, -0.25) is 0 Å². The molecule has 0 N–H and O–H groups in total. The van der Waals surface area contributed by atoms with Gasteiger partial charge in [-0.25, -0.2) is 0 Å². The first-order valence-corrected chi connectivity index (χ1v) is 6.98. The average molecular weight is 202 g/mol. The average Bonchev–Trinajstić information content (AvgIpc) is 2.17. The fourth-order valence-corrected chi connectivity index (χ4v) is 4.51. The monoisotopic (exact) mass is 202 g/mol. The molecule has 0 bridgehead atoms. The van der Waals surface area contributed by atoms with Gasteiger partial charge in [-0.05, 0) is 31.9 Å². The summed E-state index contributed by atoms with van der Waals surface area (Å²) in [6, 6.07) is 0. The van der Waals surface area contributed by atoms with Crippen LogP contribution in [0.2, 0.25) is 0 Å². The van der Waals surface area contributed by atoms with E-state index in [-0.39, 0.29) is 0 Å². The van der Waals surface area contributed by atoms with E-state index in [1.54, 1.807) is 5.57 Å². The van der Waals surface area contributed by atoms with Crippen molar-refractivity contribution in [2.24, 2.45) is 11.8 Å². The standard InChI is InChI=1S/C10H18S2/c1-7-6-10(4,12-11-5)9(3)8(7)2/h6,8-9H,1-5H3. The topological polar surface area (TPSA) is 0 Å². The molecule has 2 heteroatoms. The molecule has 0 radical (unpaired) electrons. The highest BCUT2D eigenvalue weighted by Gasteiger charge is 2.39. The summed E-state index contributed by atoms with van der Waals surface area (Å²) in [7, 11) is 3.87. The van der Waals surface area contributed by atoms with Gasteiger partial charge >= 0.3 is 0 Å². The number of hydrogen-bond donors (Lipinski definition) is 0. The highest BCUT2D eigenvalue weighted by Crippen LogP contribution is 2.50. The van der Waals surface area contributed by atoms with Crippen molar-refractivity contribution in [2.45, 2.75) is 32.4 Å². The van der Waals surface area contributed by atoms with E-state index in [1.165, 1.54) is 0 Å². The zero-order chi connectivity index (χ0) is 9.35. The molecule has 1 rings (SSSR count). The minimum absolute atomic E-state index is 0.364. The molecule has 0 fully saturated rings. The minimum Gasteiger partial charge on any atom is -0.0967 e. The minimum atomic E-state index is 0.364. The van der Waals surface area contributed by atoms with E-state index < -0.39 is 0 Å². The lowest BCUT2D eigenvalue weighted by Gasteiger charge is -2.28. The third kappa shape index (κ3) is 1.69. The Labute approximate surface area is 84.0 Å². The zero-order valence-corrected chi connectivity index (χ0v) is 10.2. The summed E-state index contributed by atoms with van der Waals surface area (Å²) in [5, 5.41) is 0. The van der Waals surface area contributed by atoms with Crippen LogP contribution in [0.3, 0.4) is 0 Å². The maximum atomic E-state index is 2.45. The van der Waals surface area contributed by atoms with Gasteiger partial charge in [0.15, 0.2) is 0 Å². The summed E-state index contributed by atoms with van der Waals surface area (Å²) in [6.45, 7) is 9.31. The molecular weight excluding hydrogens is 184 g/mol. The molecule has 70 valence electrons. The smallest absolute Gasteiger partial charge is 0.0448 e. The van der Waals surface area contributed by atoms with Crippen LogP contribution in [0.4, 0.5) is 0 Å². The van der Waals surface area contributed by atoms with Gasteiger partial charge in [0.2, 0.25) is 0 Å². The molecule has 0 saturated heterocycles. The molecule has 0 heterocycles. The fourth-order valence-electron chi connectivity index (χ4n) is 1.89. The zero-order valence-electron chi connectivity index (χ0n) is 8.55. The van der Waals surface area contributed by atoms with Crippen LogP contribution in [-0.4, -0.2) is 11.0 Å². The first kappa shape index (κ1) is 10.5. The predicted octanol–water partition coefficient (Wildman–Crippen LogP) is 3.99. The van der Waals surface area contributed by atoms with Crippen LogP contribution in [0, 0.1) is 11.8 Å². The van der Waals surface area contributed by atoms with Crippen molar-refractivity contribution in [2.75, 3.05) is 6.26 Å². The first-order chi connectivity index (χ1) is 5.51. The van der Waals surface area contributed by atoms with Gasteiger partial charge in [-0.1, -0.05) is 47.1 Å². The summed E-state index contributed by atoms with van der Waals surface area (Å²) in [6.07, 6.45) is 4.61. The van der Waals surface area contributed by atoms with Gasteiger partial charge in [0.05, 0.1) is 0 Å². The van der Waals surface area contributed by atoms with E-state index in [1.807, 2.05) is 21.6 Å². The van der Waals surface area contributed by atoms with Crippen molar-refractivity contribution in [3.8, 4) is 0 Å². The second-order valence-electron chi connectivity index (χ2n) is 3.90. The van der Waals surface area contributed by atoms with Crippen LogP contribution in [-0.2, 0) is 0 Å².